The topological polar surface area (TPSA) is 55.2 Å². The smallest absolute Gasteiger partial charge is 0.288 e. The molecule has 6 heteroatoms. The lowest BCUT2D eigenvalue weighted by molar-refractivity contribution is -0.384. The van der Waals surface area contributed by atoms with Crippen molar-refractivity contribution in [3.05, 3.63) is 32.8 Å². The van der Waals surface area contributed by atoms with Crippen molar-refractivity contribution in [3.8, 4) is 0 Å². The first-order valence-corrected chi connectivity index (χ1v) is 7.24. The molecule has 0 saturated carbocycles. The van der Waals surface area contributed by atoms with Crippen molar-refractivity contribution in [2.75, 3.05) is 11.1 Å². The van der Waals surface area contributed by atoms with Gasteiger partial charge in [-0.05, 0) is 30.7 Å². The second kappa shape index (κ2) is 5.36. The van der Waals surface area contributed by atoms with Crippen LogP contribution >= 0.6 is 23.4 Å². The molecule has 98 valence electrons. The Hall–Kier alpha value is -0.940. The molecule has 1 aliphatic heterocycles. The summed E-state index contributed by atoms with van der Waals surface area (Å²) in [6.07, 6.45) is 1.11. The summed E-state index contributed by atoms with van der Waals surface area (Å²) >= 11 is 7.87. The molecule has 1 saturated heterocycles. The van der Waals surface area contributed by atoms with Gasteiger partial charge in [-0.3, -0.25) is 10.1 Å². The Morgan fingerprint density at radius 3 is 2.83 bits per heavy atom. The van der Waals surface area contributed by atoms with Gasteiger partial charge >= 0.3 is 0 Å². The zero-order chi connectivity index (χ0) is 13.3. The number of hydrogen-bond acceptors (Lipinski definition) is 4. The van der Waals surface area contributed by atoms with Gasteiger partial charge < -0.3 is 5.32 Å². The van der Waals surface area contributed by atoms with Gasteiger partial charge in [0.1, 0.15) is 5.02 Å². The van der Waals surface area contributed by atoms with E-state index in [0.717, 1.165) is 23.4 Å². The number of nitrogens with one attached hydrogen (secondary N) is 1. The molecule has 1 aliphatic rings. The second-order valence-electron chi connectivity index (χ2n) is 4.49. The maximum atomic E-state index is 10.8. The predicted molar refractivity (Wildman–Crippen MR) is 76.8 cm³/mol. The number of anilines is 1. The third-order valence-corrected chi connectivity index (χ3v) is 4.84. The van der Waals surface area contributed by atoms with Crippen molar-refractivity contribution in [2.45, 2.75) is 31.6 Å². The molecule has 1 N–H and O–H groups in total. The predicted octanol–water partition coefficient (Wildman–Crippen LogP) is 3.86. The molecule has 0 bridgehead atoms. The lowest BCUT2D eigenvalue weighted by Crippen LogP contribution is -2.25. The molecule has 18 heavy (non-hydrogen) atoms. The highest BCUT2D eigenvalue weighted by molar-refractivity contribution is 8.00. The largest absolute Gasteiger partial charge is 0.381 e. The number of benzene rings is 1. The van der Waals surface area contributed by atoms with Gasteiger partial charge in [-0.25, -0.2) is 0 Å². The molecule has 0 radical (unpaired) electrons. The summed E-state index contributed by atoms with van der Waals surface area (Å²) in [5, 5.41) is 15.0. The van der Waals surface area contributed by atoms with Crippen LogP contribution in [-0.4, -0.2) is 22.0 Å². The maximum Gasteiger partial charge on any atom is 0.288 e. The first-order chi connectivity index (χ1) is 8.49. The Bertz CT molecular complexity index is 481. The summed E-state index contributed by atoms with van der Waals surface area (Å²) in [6.45, 7) is 4.05. The van der Waals surface area contributed by atoms with E-state index in [2.05, 4.69) is 12.2 Å². The van der Waals surface area contributed by atoms with Gasteiger partial charge in [-0.15, -0.1) is 0 Å². The monoisotopic (exact) mass is 286 g/mol. The van der Waals surface area contributed by atoms with E-state index in [0.29, 0.717) is 11.3 Å². The summed E-state index contributed by atoms with van der Waals surface area (Å²) in [6, 6.07) is 3.59. The number of nitrogens with zero attached hydrogens (tertiary/aromatic N) is 1. The van der Waals surface area contributed by atoms with Crippen LogP contribution in [0.1, 0.15) is 18.9 Å². The Morgan fingerprint density at radius 2 is 2.28 bits per heavy atom. The number of halogens is 1. The minimum absolute atomic E-state index is 0.0337. The SMILES string of the molecule is Cc1cc([N+](=O)[O-])c(Cl)cc1NC1CCSC1C. The van der Waals surface area contributed by atoms with Crippen molar-refractivity contribution in [1.82, 2.24) is 0 Å². The lowest BCUT2D eigenvalue weighted by atomic mass is 10.1. The van der Waals surface area contributed by atoms with Crippen LogP contribution in [0.2, 0.25) is 5.02 Å². The number of aryl methyl sites for hydroxylation is 1. The second-order valence-corrected chi connectivity index (χ2v) is 6.38. The Morgan fingerprint density at radius 1 is 1.56 bits per heavy atom. The zero-order valence-electron chi connectivity index (χ0n) is 10.3. The van der Waals surface area contributed by atoms with Gasteiger partial charge in [0, 0.05) is 23.0 Å². The number of rotatable bonds is 3. The molecule has 0 aromatic heterocycles. The first-order valence-electron chi connectivity index (χ1n) is 5.81. The van der Waals surface area contributed by atoms with Crippen LogP contribution in [0.3, 0.4) is 0 Å². The van der Waals surface area contributed by atoms with Gasteiger partial charge in [-0.2, -0.15) is 11.8 Å². The Kier molecular flexibility index (Phi) is 4.02. The molecule has 0 aliphatic carbocycles. The molecule has 0 spiro atoms. The Balaban J connectivity index is 2.23. The molecule has 1 aromatic carbocycles. The van der Waals surface area contributed by atoms with Gasteiger partial charge in [0.05, 0.1) is 4.92 Å². The molecule has 2 rings (SSSR count). The van der Waals surface area contributed by atoms with E-state index >= 15 is 0 Å². The highest BCUT2D eigenvalue weighted by Gasteiger charge is 2.25. The minimum Gasteiger partial charge on any atom is -0.381 e. The Labute approximate surface area is 115 Å². The van der Waals surface area contributed by atoms with Crippen LogP contribution in [0, 0.1) is 17.0 Å². The third kappa shape index (κ3) is 2.72. The molecule has 2 unspecified atom stereocenters. The molecule has 4 nitrogen and oxygen atoms in total. The van der Waals surface area contributed by atoms with E-state index < -0.39 is 4.92 Å². The highest BCUT2D eigenvalue weighted by Crippen LogP contribution is 2.34. The highest BCUT2D eigenvalue weighted by atomic mass is 35.5. The third-order valence-electron chi connectivity index (χ3n) is 3.21. The maximum absolute atomic E-state index is 10.8. The average molecular weight is 287 g/mol. The number of hydrogen-bond donors (Lipinski definition) is 1. The van der Waals surface area contributed by atoms with Gasteiger partial charge in [-0.1, -0.05) is 18.5 Å². The zero-order valence-corrected chi connectivity index (χ0v) is 11.8. The van der Waals surface area contributed by atoms with Crippen molar-refractivity contribution < 1.29 is 4.92 Å². The fourth-order valence-corrected chi connectivity index (χ4v) is 3.51. The lowest BCUT2D eigenvalue weighted by Gasteiger charge is -2.19. The van der Waals surface area contributed by atoms with Crippen molar-refractivity contribution in [2.24, 2.45) is 0 Å². The standard InChI is InChI=1S/C12H15ClN2O2S/c1-7-5-12(15(16)17)9(13)6-11(7)14-10-3-4-18-8(10)2/h5-6,8,10,14H,3-4H2,1-2H3. The van der Waals surface area contributed by atoms with E-state index in [-0.39, 0.29) is 10.7 Å². The van der Waals surface area contributed by atoms with Crippen LogP contribution in [0.4, 0.5) is 11.4 Å². The van der Waals surface area contributed by atoms with Crippen LogP contribution in [0.15, 0.2) is 12.1 Å². The molecule has 0 amide bonds. The van der Waals surface area contributed by atoms with Gasteiger partial charge in [0.2, 0.25) is 0 Å². The summed E-state index contributed by atoms with van der Waals surface area (Å²) in [4.78, 5) is 10.3. The van der Waals surface area contributed by atoms with Crippen molar-refractivity contribution in [3.63, 3.8) is 0 Å². The van der Waals surface area contributed by atoms with Crippen molar-refractivity contribution in [1.29, 1.82) is 0 Å². The quantitative estimate of drug-likeness (QED) is 0.677. The van der Waals surface area contributed by atoms with E-state index in [9.17, 15) is 10.1 Å². The van der Waals surface area contributed by atoms with E-state index in [1.54, 1.807) is 6.07 Å². The van der Waals surface area contributed by atoms with E-state index in [1.807, 2.05) is 18.7 Å². The molecule has 1 aromatic rings. The van der Waals surface area contributed by atoms with Gasteiger partial charge in [0.15, 0.2) is 0 Å². The van der Waals surface area contributed by atoms with Crippen LogP contribution in [0.25, 0.3) is 0 Å². The molecular weight excluding hydrogens is 272 g/mol. The molecule has 2 atom stereocenters. The first kappa shape index (κ1) is 13.5. The van der Waals surface area contributed by atoms with Crippen LogP contribution < -0.4 is 5.32 Å². The fourth-order valence-electron chi connectivity index (χ4n) is 2.08. The summed E-state index contributed by atoms with van der Waals surface area (Å²) in [5.41, 5.74) is 1.72. The normalized spacial score (nSPS) is 23.1. The number of nitro groups is 1. The summed E-state index contributed by atoms with van der Waals surface area (Å²) in [5.74, 6) is 1.15. The fraction of sp³-hybridized carbons (Fsp3) is 0.500. The number of thioether (sulfide) groups is 1. The summed E-state index contributed by atoms with van der Waals surface area (Å²) < 4.78 is 0. The molecule has 1 fully saturated rings. The summed E-state index contributed by atoms with van der Waals surface area (Å²) in [7, 11) is 0. The van der Waals surface area contributed by atoms with Crippen molar-refractivity contribution >= 4 is 34.7 Å². The van der Waals surface area contributed by atoms with Gasteiger partial charge in [0.25, 0.3) is 5.69 Å². The van der Waals surface area contributed by atoms with Crippen LogP contribution in [0.5, 0.6) is 0 Å². The molecular formula is C12H15ClN2O2S. The van der Waals surface area contributed by atoms with Crippen LogP contribution in [-0.2, 0) is 0 Å². The number of nitro benzene ring substituents is 1. The van der Waals surface area contributed by atoms with E-state index in [1.165, 1.54) is 6.07 Å². The minimum atomic E-state index is -0.451. The molecule has 1 heterocycles. The average Bonchev–Trinajstić information content (AvgIpc) is 2.69. The van der Waals surface area contributed by atoms with E-state index in [4.69, 9.17) is 11.6 Å².